The minimum atomic E-state index is -4.21. The summed E-state index contributed by atoms with van der Waals surface area (Å²) in [5.74, 6) is -0.577. The lowest BCUT2D eigenvalue weighted by atomic mass is 9.77. The molecule has 0 aromatic heterocycles. The summed E-state index contributed by atoms with van der Waals surface area (Å²) in [6.45, 7) is 4.40. The highest BCUT2D eigenvalue weighted by Crippen LogP contribution is 2.39. The van der Waals surface area contributed by atoms with Crippen molar-refractivity contribution in [1.29, 1.82) is 0 Å². The second-order valence-corrected chi connectivity index (χ2v) is 5.97. The number of hydrogen-bond donors (Lipinski definition) is 0. The van der Waals surface area contributed by atoms with Crippen molar-refractivity contribution in [2.24, 2.45) is 5.92 Å². The molecule has 0 aliphatic carbocycles. The number of benzene rings is 1. The monoisotopic (exact) mass is 313 g/mol. The van der Waals surface area contributed by atoms with E-state index in [1.165, 1.54) is 0 Å². The molecule has 0 saturated carbocycles. The number of carbonyl (C=O) groups excluding carboxylic acids is 1. The largest absolute Gasteiger partial charge is 0.389 e. The Morgan fingerprint density at radius 3 is 2.41 bits per heavy atom. The van der Waals surface area contributed by atoms with Crippen molar-refractivity contribution in [3.05, 3.63) is 35.9 Å². The molecule has 2 rings (SSSR count). The van der Waals surface area contributed by atoms with Gasteiger partial charge in [0.25, 0.3) is 0 Å². The van der Waals surface area contributed by atoms with Gasteiger partial charge < -0.3 is 4.90 Å². The van der Waals surface area contributed by atoms with Crippen molar-refractivity contribution in [2.45, 2.75) is 51.2 Å². The molecule has 1 aliphatic heterocycles. The third kappa shape index (κ3) is 3.81. The first-order valence-corrected chi connectivity index (χ1v) is 7.75. The van der Waals surface area contributed by atoms with Crippen molar-refractivity contribution in [1.82, 2.24) is 4.90 Å². The molecule has 1 saturated heterocycles. The summed E-state index contributed by atoms with van der Waals surface area (Å²) in [5, 5.41) is 0. The zero-order chi connectivity index (χ0) is 16.3. The van der Waals surface area contributed by atoms with Gasteiger partial charge in [0.15, 0.2) is 0 Å². The van der Waals surface area contributed by atoms with Gasteiger partial charge in [-0.3, -0.25) is 4.79 Å². The van der Waals surface area contributed by atoms with Crippen molar-refractivity contribution in [3.8, 4) is 0 Å². The Morgan fingerprint density at radius 2 is 1.86 bits per heavy atom. The number of rotatable bonds is 4. The number of carbonyl (C=O) groups is 1. The molecule has 0 N–H and O–H groups in total. The Kier molecular flexibility index (Phi) is 5.14. The number of likely N-dealkylation sites (tertiary alicyclic amines) is 1. The van der Waals surface area contributed by atoms with Crippen LogP contribution in [0.25, 0.3) is 0 Å². The zero-order valence-corrected chi connectivity index (χ0v) is 12.9. The highest BCUT2D eigenvalue weighted by Gasteiger charge is 2.40. The van der Waals surface area contributed by atoms with Crippen LogP contribution >= 0.6 is 0 Å². The van der Waals surface area contributed by atoms with E-state index in [2.05, 4.69) is 0 Å². The fourth-order valence-electron chi connectivity index (χ4n) is 3.39. The molecule has 1 aliphatic rings. The van der Waals surface area contributed by atoms with E-state index in [0.29, 0.717) is 13.0 Å². The van der Waals surface area contributed by atoms with Crippen LogP contribution in [0.1, 0.15) is 44.6 Å². The smallest absolute Gasteiger partial charge is 0.339 e. The van der Waals surface area contributed by atoms with Crippen LogP contribution < -0.4 is 0 Å². The second kappa shape index (κ2) is 6.71. The molecule has 5 heteroatoms. The minimum absolute atomic E-state index is 0.0158. The Bertz CT molecular complexity index is 500. The Labute approximate surface area is 129 Å². The van der Waals surface area contributed by atoms with Crippen LogP contribution in [-0.4, -0.2) is 29.6 Å². The molecule has 1 aromatic carbocycles. The van der Waals surface area contributed by atoms with Crippen LogP contribution in [0.3, 0.4) is 0 Å². The van der Waals surface area contributed by atoms with E-state index in [9.17, 15) is 18.0 Å². The molecular weight excluding hydrogens is 291 g/mol. The molecule has 1 fully saturated rings. The topological polar surface area (TPSA) is 20.3 Å². The number of hydrogen-bond acceptors (Lipinski definition) is 1. The molecule has 0 bridgehead atoms. The molecule has 3 atom stereocenters. The summed E-state index contributed by atoms with van der Waals surface area (Å²) >= 11 is 0. The van der Waals surface area contributed by atoms with E-state index in [-0.39, 0.29) is 24.3 Å². The molecule has 0 spiro atoms. The van der Waals surface area contributed by atoms with Crippen molar-refractivity contribution < 1.29 is 18.0 Å². The van der Waals surface area contributed by atoms with E-state index >= 15 is 0 Å². The van der Waals surface area contributed by atoms with Gasteiger partial charge in [-0.1, -0.05) is 30.3 Å². The van der Waals surface area contributed by atoms with E-state index in [0.717, 1.165) is 5.56 Å². The van der Waals surface area contributed by atoms with E-state index in [1.54, 1.807) is 4.90 Å². The first-order chi connectivity index (χ1) is 10.3. The van der Waals surface area contributed by atoms with Gasteiger partial charge in [0.1, 0.15) is 0 Å². The molecule has 1 aromatic rings. The Hall–Kier alpha value is -1.52. The van der Waals surface area contributed by atoms with Crippen LogP contribution in [0, 0.1) is 5.92 Å². The standard InChI is InChI=1S/C17H22F3NO/c1-3-21-12(2)15(13-7-5-4-6-8-13)11-14(16(21)22)9-10-17(18,19)20/h4-8,12,14-15H,3,9-11H2,1-2H3/t12-,14?,15-/m1/s1. The Balaban J connectivity index is 2.19. The summed E-state index contributed by atoms with van der Waals surface area (Å²) in [6.07, 6.45) is -4.72. The van der Waals surface area contributed by atoms with Gasteiger partial charge >= 0.3 is 6.18 Å². The minimum Gasteiger partial charge on any atom is -0.339 e. The molecular formula is C17H22F3NO. The average molecular weight is 313 g/mol. The normalized spacial score (nSPS) is 26.3. The summed E-state index contributed by atoms with van der Waals surface area (Å²) in [6, 6.07) is 9.78. The fourth-order valence-corrected chi connectivity index (χ4v) is 3.39. The maximum absolute atomic E-state index is 12.5. The summed E-state index contributed by atoms with van der Waals surface area (Å²) in [7, 11) is 0. The second-order valence-electron chi connectivity index (χ2n) is 5.97. The summed E-state index contributed by atoms with van der Waals surface area (Å²) in [5.41, 5.74) is 1.10. The lowest BCUT2D eigenvalue weighted by Crippen LogP contribution is -2.50. The van der Waals surface area contributed by atoms with Crippen LogP contribution in [0.15, 0.2) is 30.3 Å². The molecule has 22 heavy (non-hydrogen) atoms. The number of nitrogens with zero attached hydrogens (tertiary/aromatic N) is 1. The molecule has 122 valence electrons. The lowest BCUT2D eigenvalue weighted by Gasteiger charge is -2.43. The lowest BCUT2D eigenvalue weighted by molar-refractivity contribution is -0.150. The maximum atomic E-state index is 12.5. The first-order valence-electron chi connectivity index (χ1n) is 7.75. The van der Waals surface area contributed by atoms with Crippen LogP contribution in [-0.2, 0) is 4.79 Å². The molecule has 1 unspecified atom stereocenters. The number of likely N-dealkylation sites (N-methyl/N-ethyl adjacent to an activating group) is 1. The quantitative estimate of drug-likeness (QED) is 0.808. The van der Waals surface area contributed by atoms with Crippen LogP contribution in [0.5, 0.6) is 0 Å². The van der Waals surface area contributed by atoms with Crippen molar-refractivity contribution in [3.63, 3.8) is 0 Å². The third-order valence-electron chi connectivity index (χ3n) is 4.59. The number of halogens is 3. The van der Waals surface area contributed by atoms with Gasteiger partial charge in [-0.25, -0.2) is 0 Å². The van der Waals surface area contributed by atoms with Gasteiger partial charge in [0.05, 0.1) is 0 Å². The third-order valence-corrected chi connectivity index (χ3v) is 4.59. The first kappa shape index (κ1) is 16.8. The fraction of sp³-hybridized carbons (Fsp3) is 0.588. The van der Waals surface area contributed by atoms with Crippen molar-refractivity contribution in [2.75, 3.05) is 6.54 Å². The van der Waals surface area contributed by atoms with Gasteiger partial charge in [-0.2, -0.15) is 13.2 Å². The predicted molar refractivity (Wildman–Crippen MR) is 79.4 cm³/mol. The van der Waals surface area contributed by atoms with Crippen LogP contribution in [0.4, 0.5) is 13.2 Å². The van der Waals surface area contributed by atoms with E-state index < -0.39 is 18.5 Å². The highest BCUT2D eigenvalue weighted by atomic mass is 19.4. The maximum Gasteiger partial charge on any atom is 0.389 e. The molecule has 0 radical (unpaired) electrons. The number of amides is 1. The van der Waals surface area contributed by atoms with E-state index in [1.807, 2.05) is 44.2 Å². The Morgan fingerprint density at radius 1 is 1.23 bits per heavy atom. The van der Waals surface area contributed by atoms with Gasteiger partial charge in [0, 0.05) is 30.8 Å². The molecule has 2 nitrogen and oxygen atoms in total. The van der Waals surface area contributed by atoms with E-state index in [4.69, 9.17) is 0 Å². The summed E-state index contributed by atoms with van der Waals surface area (Å²) < 4.78 is 37.5. The highest BCUT2D eigenvalue weighted by molar-refractivity contribution is 5.80. The molecule has 1 heterocycles. The number of piperidine rings is 1. The zero-order valence-electron chi connectivity index (χ0n) is 12.9. The van der Waals surface area contributed by atoms with Gasteiger partial charge in [-0.15, -0.1) is 0 Å². The summed E-state index contributed by atoms with van der Waals surface area (Å²) in [4.78, 5) is 14.1. The van der Waals surface area contributed by atoms with Crippen LogP contribution in [0.2, 0.25) is 0 Å². The predicted octanol–water partition coefficient (Wildman–Crippen LogP) is 4.37. The van der Waals surface area contributed by atoms with Gasteiger partial charge in [0.2, 0.25) is 5.91 Å². The molecule has 1 amide bonds. The van der Waals surface area contributed by atoms with Gasteiger partial charge in [-0.05, 0) is 32.3 Å². The average Bonchev–Trinajstić information content (AvgIpc) is 2.47. The van der Waals surface area contributed by atoms with Crippen molar-refractivity contribution >= 4 is 5.91 Å². The number of alkyl halides is 3. The SMILES string of the molecule is CCN1C(=O)C(CCC(F)(F)F)C[C@@H](c2ccccc2)[C@H]1C.